The third-order valence-electron chi connectivity index (χ3n) is 5.01. The Bertz CT molecular complexity index is 1080. The molecule has 0 bridgehead atoms. The average molecular weight is 429 g/mol. The van der Waals surface area contributed by atoms with Crippen molar-refractivity contribution in [3.8, 4) is 0 Å². The number of nitrogens with zero attached hydrogens (tertiary/aromatic N) is 4. The lowest BCUT2D eigenvalue weighted by Gasteiger charge is -2.34. The Labute approximate surface area is 176 Å². The number of anilines is 1. The number of non-ortho nitro benzene ring substituents is 1. The lowest BCUT2D eigenvalue weighted by atomic mass is 10.2. The van der Waals surface area contributed by atoms with Gasteiger partial charge in [0.05, 0.1) is 15.1 Å². The predicted molar refractivity (Wildman–Crippen MR) is 114 cm³/mol. The molecule has 4 rings (SSSR count). The van der Waals surface area contributed by atoms with Crippen LogP contribution < -0.4 is 10.2 Å². The van der Waals surface area contributed by atoms with Crippen LogP contribution in [0, 0.1) is 15.9 Å². The summed E-state index contributed by atoms with van der Waals surface area (Å²) in [5.41, 5.74) is 0.986. The highest BCUT2D eigenvalue weighted by Gasteiger charge is 2.20. The average Bonchev–Trinajstić information content (AvgIpc) is 3.17. The molecule has 0 spiro atoms. The molecule has 0 aliphatic carbocycles. The van der Waals surface area contributed by atoms with Crippen LogP contribution in [0.15, 0.2) is 42.5 Å². The van der Waals surface area contributed by atoms with Crippen molar-refractivity contribution in [3.05, 3.63) is 64.0 Å². The summed E-state index contributed by atoms with van der Waals surface area (Å²) in [6.07, 6.45) is 0. The minimum absolute atomic E-state index is 0.101. The van der Waals surface area contributed by atoms with Gasteiger partial charge in [0, 0.05) is 57.0 Å². The second-order valence-electron chi connectivity index (χ2n) is 7.00. The molecule has 1 fully saturated rings. The molecule has 1 aliphatic rings. The third kappa shape index (κ3) is 4.55. The Hall–Kier alpha value is -3.11. The van der Waals surface area contributed by atoms with Gasteiger partial charge in [0.1, 0.15) is 5.82 Å². The molecule has 0 saturated carbocycles. The zero-order valence-corrected chi connectivity index (χ0v) is 16.9. The number of piperazine rings is 1. The lowest BCUT2D eigenvalue weighted by molar-refractivity contribution is -0.384. The van der Waals surface area contributed by atoms with Crippen molar-refractivity contribution in [2.45, 2.75) is 0 Å². The first-order valence-electron chi connectivity index (χ1n) is 9.56. The number of nitro benzene ring substituents is 1. The number of nitro groups is 1. The van der Waals surface area contributed by atoms with E-state index in [0.29, 0.717) is 13.1 Å². The maximum absolute atomic E-state index is 13.4. The summed E-state index contributed by atoms with van der Waals surface area (Å²) < 4.78 is 14.2. The van der Waals surface area contributed by atoms with E-state index < -0.39 is 4.92 Å². The Balaban J connectivity index is 1.25. The number of rotatable bonds is 6. The first kappa shape index (κ1) is 20.2. The van der Waals surface area contributed by atoms with Gasteiger partial charge in [0.15, 0.2) is 5.13 Å². The molecule has 0 radical (unpaired) electrons. The molecule has 30 heavy (non-hydrogen) atoms. The molecule has 3 aromatic rings. The number of carbonyl (C=O) groups excluding carboxylic acids is 1. The second-order valence-corrected chi connectivity index (χ2v) is 8.01. The maximum atomic E-state index is 13.4. The summed E-state index contributed by atoms with van der Waals surface area (Å²) in [7, 11) is 0. The molecule has 1 saturated heterocycles. The van der Waals surface area contributed by atoms with E-state index in [0.717, 1.165) is 41.5 Å². The van der Waals surface area contributed by atoms with Crippen molar-refractivity contribution >= 4 is 38.3 Å². The minimum Gasteiger partial charge on any atom is -0.351 e. The van der Waals surface area contributed by atoms with E-state index in [4.69, 9.17) is 0 Å². The molecule has 1 amide bonds. The Morgan fingerprint density at radius 1 is 1.20 bits per heavy atom. The van der Waals surface area contributed by atoms with Crippen LogP contribution >= 0.6 is 11.3 Å². The van der Waals surface area contributed by atoms with Gasteiger partial charge in [-0.25, -0.2) is 9.37 Å². The standard InChI is InChI=1S/C20H20FN5O3S/c21-15-4-5-17-18(13-15)30-20(23-17)25-10-8-24(9-11-25)7-6-22-19(27)14-2-1-3-16(12-14)26(28)29/h1-5,12-13H,6-11H2,(H,22,27). The number of aromatic nitrogens is 1. The van der Waals surface area contributed by atoms with Crippen molar-refractivity contribution in [2.24, 2.45) is 0 Å². The molecule has 2 heterocycles. The van der Waals surface area contributed by atoms with Crippen molar-refractivity contribution in [1.82, 2.24) is 15.2 Å². The third-order valence-corrected chi connectivity index (χ3v) is 6.09. The fourth-order valence-electron chi connectivity index (χ4n) is 3.37. The largest absolute Gasteiger partial charge is 0.351 e. The highest BCUT2D eigenvalue weighted by atomic mass is 32.1. The molecular weight excluding hydrogens is 409 g/mol. The lowest BCUT2D eigenvalue weighted by Crippen LogP contribution is -2.48. The zero-order chi connectivity index (χ0) is 21.1. The summed E-state index contributed by atoms with van der Waals surface area (Å²) in [6.45, 7) is 4.43. The first-order valence-corrected chi connectivity index (χ1v) is 10.4. The van der Waals surface area contributed by atoms with E-state index in [1.54, 1.807) is 12.1 Å². The molecule has 8 nitrogen and oxygen atoms in total. The van der Waals surface area contributed by atoms with E-state index in [9.17, 15) is 19.3 Å². The monoisotopic (exact) mass is 429 g/mol. The van der Waals surface area contributed by atoms with Gasteiger partial charge < -0.3 is 10.2 Å². The van der Waals surface area contributed by atoms with E-state index in [1.807, 2.05) is 0 Å². The highest BCUT2D eigenvalue weighted by Crippen LogP contribution is 2.29. The van der Waals surface area contributed by atoms with Crippen molar-refractivity contribution < 1.29 is 14.1 Å². The molecule has 2 aromatic carbocycles. The van der Waals surface area contributed by atoms with Gasteiger partial charge >= 0.3 is 0 Å². The molecule has 0 atom stereocenters. The molecule has 156 valence electrons. The Morgan fingerprint density at radius 3 is 2.77 bits per heavy atom. The molecule has 1 aliphatic heterocycles. The predicted octanol–water partition coefficient (Wildman–Crippen LogP) is 2.90. The van der Waals surface area contributed by atoms with Crippen LogP contribution in [-0.2, 0) is 0 Å². The number of benzene rings is 2. The molecule has 1 N–H and O–H groups in total. The summed E-state index contributed by atoms with van der Waals surface area (Å²) in [4.78, 5) is 31.6. The van der Waals surface area contributed by atoms with E-state index in [-0.39, 0.29) is 23.0 Å². The SMILES string of the molecule is O=C(NCCN1CCN(c2nc3ccc(F)cc3s2)CC1)c1cccc([N+](=O)[O-])c1. The van der Waals surface area contributed by atoms with Gasteiger partial charge in [-0.3, -0.25) is 19.8 Å². The quantitative estimate of drug-likeness (QED) is 0.479. The summed E-state index contributed by atoms with van der Waals surface area (Å²) in [5, 5.41) is 14.5. The van der Waals surface area contributed by atoms with Crippen LogP contribution in [0.5, 0.6) is 0 Å². The van der Waals surface area contributed by atoms with Crippen molar-refractivity contribution in [1.29, 1.82) is 0 Å². The number of amides is 1. The number of halogens is 1. The van der Waals surface area contributed by atoms with Crippen LogP contribution in [0.4, 0.5) is 15.2 Å². The first-order chi connectivity index (χ1) is 14.5. The Morgan fingerprint density at radius 2 is 2.00 bits per heavy atom. The van der Waals surface area contributed by atoms with E-state index in [1.165, 1.54) is 41.7 Å². The number of fused-ring (bicyclic) bond motifs is 1. The number of carbonyl (C=O) groups is 1. The van der Waals surface area contributed by atoms with Gasteiger partial charge in [-0.15, -0.1) is 0 Å². The zero-order valence-electron chi connectivity index (χ0n) is 16.1. The molecule has 1 aromatic heterocycles. The molecule has 0 unspecified atom stereocenters. The molecule has 10 heteroatoms. The molecular formula is C20H20FN5O3S. The van der Waals surface area contributed by atoms with Crippen LogP contribution in [-0.4, -0.2) is 60.0 Å². The van der Waals surface area contributed by atoms with Crippen LogP contribution in [0.1, 0.15) is 10.4 Å². The van der Waals surface area contributed by atoms with Gasteiger partial charge in [0.25, 0.3) is 11.6 Å². The van der Waals surface area contributed by atoms with Crippen molar-refractivity contribution in [2.75, 3.05) is 44.2 Å². The van der Waals surface area contributed by atoms with Gasteiger partial charge in [0.2, 0.25) is 0 Å². The number of hydrogen-bond acceptors (Lipinski definition) is 7. The van der Waals surface area contributed by atoms with E-state index >= 15 is 0 Å². The minimum atomic E-state index is -0.516. The van der Waals surface area contributed by atoms with Crippen molar-refractivity contribution in [3.63, 3.8) is 0 Å². The normalized spacial score (nSPS) is 14.8. The van der Waals surface area contributed by atoms with Gasteiger partial charge in [-0.2, -0.15) is 0 Å². The number of thiazole rings is 1. The summed E-state index contributed by atoms with van der Waals surface area (Å²) >= 11 is 1.49. The van der Waals surface area contributed by atoms with Crippen LogP contribution in [0.2, 0.25) is 0 Å². The topological polar surface area (TPSA) is 91.6 Å². The fraction of sp³-hybridized carbons (Fsp3) is 0.300. The van der Waals surface area contributed by atoms with Crippen LogP contribution in [0.25, 0.3) is 10.2 Å². The smallest absolute Gasteiger partial charge is 0.270 e. The highest BCUT2D eigenvalue weighted by molar-refractivity contribution is 7.22. The maximum Gasteiger partial charge on any atom is 0.270 e. The fourth-order valence-corrected chi connectivity index (χ4v) is 4.42. The summed E-state index contributed by atoms with van der Waals surface area (Å²) in [5.74, 6) is -0.575. The second kappa shape index (κ2) is 8.72. The van der Waals surface area contributed by atoms with Crippen LogP contribution in [0.3, 0.4) is 0 Å². The number of hydrogen-bond donors (Lipinski definition) is 1. The van der Waals surface area contributed by atoms with E-state index in [2.05, 4.69) is 20.1 Å². The summed E-state index contributed by atoms with van der Waals surface area (Å²) in [6, 6.07) is 10.3. The number of nitrogens with one attached hydrogen (secondary N) is 1. The van der Waals surface area contributed by atoms with Gasteiger partial charge in [-0.05, 0) is 24.3 Å². The van der Waals surface area contributed by atoms with Gasteiger partial charge in [-0.1, -0.05) is 17.4 Å². The Kier molecular flexibility index (Phi) is 5.86.